The highest BCUT2D eigenvalue weighted by Crippen LogP contribution is 2.31. The van der Waals surface area contributed by atoms with Gasteiger partial charge in [0, 0.05) is 31.6 Å². The maximum Gasteiger partial charge on any atom is 0.338 e. The maximum absolute atomic E-state index is 12.3. The summed E-state index contributed by atoms with van der Waals surface area (Å²) in [6.45, 7) is 4.24. The number of nitrogens with zero attached hydrogens (tertiary/aromatic N) is 1. The van der Waals surface area contributed by atoms with E-state index in [0.717, 1.165) is 0 Å². The fourth-order valence-electron chi connectivity index (χ4n) is 3.24. The number of likely N-dealkylation sites (tertiary alicyclic amines) is 1. The highest BCUT2D eigenvalue weighted by molar-refractivity contribution is 6.03. The smallest absolute Gasteiger partial charge is 0.338 e. The van der Waals surface area contributed by atoms with Crippen LogP contribution in [0, 0.1) is 0 Å². The quantitative estimate of drug-likeness (QED) is 0.619. The van der Waals surface area contributed by atoms with Crippen molar-refractivity contribution >= 4 is 23.5 Å². The van der Waals surface area contributed by atoms with Gasteiger partial charge in [-0.25, -0.2) is 4.79 Å². The number of esters is 1. The molecule has 0 radical (unpaired) electrons. The number of amides is 2. The molecule has 3 rings (SSSR count). The van der Waals surface area contributed by atoms with E-state index in [1.54, 1.807) is 36.1 Å². The van der Waals surface area contributed by atoms with E-state index < -0.39 is 17.7 Å². The fourth-order valence-corrected chi connectivity index (χ4v) is 3.24. The lowest BCUT2D eigenvalue weighted by atomic mass is 10.0. The van der Waals surface area contributed by atoms with E-state index in [2.05, 4.69) is 5.32 Å². The molecular weight excluding hydrogens is 352 g/mol. The number of ether oxygens (including phenoxy) is 3. The number of hydrogen-bond donors (Lipinski definition) is 1. The van der Waals surface area contributed by atoms with Gasteiger partial charge in [0.15, 0.2) is 5.79 Å². The summed E-state index contributed by atoms with van der Waals surface area (Å²) >= 11 is 0. The Hall–Kier alpha value is -2.45. The summed E-state index contributed by atoms with van der Waals surface area (Å²) in [7, 11) is 0. The van der Waals surface area contributed by atoms with Gasteiger partial charge in [-0.3, -0.25) is 9.59 Å². The lowest BCUT2D eigenvalue weighted by molar-refractivity contribution is -0.187. The standard InChI is InChI=1S/C19H24N2O6/c1-2-25-18(24)14-3-5-15(6-4-14)20-16(22)13-17(23)21-9-7-19(8-10-21)26-11-12-27-19/h3-6H,2,7-13H2,1H3,(H,20,22). The SMILES string of the molecule is CCOC(=O)c1ccc(NC(=O)CC(=O)N2CCC3(CC2)OCCO3)cc1. The zero-order chi connectivity index (χ0) is 19.3. The van der Waals surface area contributed by atoms with Crippen molar-refractivity contribution < 1.29 is 28.6 Å². The largest absolute Gasteiger partial charge is 0.462 e. The summed E-state index contributed by atoms with van der Waals surface area (Å²) in [6, 6.07) is 6.35. The van der Waals surface area contributed by atoms with Crippen molar-refractivity contribution in [2.75, 3.05) is 38.2 Å². The van der Waals surface area contributed by atoms with Gasteiger partial charge in [0.05, 0.1) is 25.4 Å². The number of hydrogen-bond acceptors (Lipinski definition) is 6. The van der Waals surface area contributed by atoms with Gasteiger partial charge >= 0.3 is 5.97 Å². The Kier molecular flexibility index (Phi) is 6.08. The number of benzene rings is 1. The van der Waals surface area contributed by atoms with Crippen LogP contribution in [0.1, 0.15) is 36.5 Å². The Morgan fingerprint density at radius 3 is 2.33 bits per heavy atom. The molecule has 0 bridgehead atoms. The molecule has 8 nitrogen and oxygen atoms in total. The average Bonchev–Trinajstić information content (AvgIpc) is 3.11. The topological polar surface area (TPSA) is 94.2 Å². The van der Waals surface area contributed by atoms with Crippen LogP contribution >= 0.6 is 0 Å². The minimum Gasteiger partial charge on any atom is -0.462 e. The predicted molar refractivity (Wildman–Crippen MR) is 96.1 cm³/mol. The van der Waals surface area contributed by atoms with Crippen molar-refractivity contribution in [3.63, 3.8) is 0 Å². The molecule has 1 aromatic rings. The minimum absolute atomic E-state index is 0.219. The van der Waals surface area contributed by atoms with Crippen molar-refractivity contribution in [2.24, 2.45) is 0 Å². The first kappa shape index (κ1) is 19.3. The molecule has 2 amide bonds. The molecule has 2 aliphatic heterocycles. The van der Waals surface area contributed by atoms with Crippen LogP contribution in [0.15, 0.2) is 24.3 Å². The summed E-state index contributed by atoms with van der Waals surface area (Å²) in [5.41, 5.74) is 0.927. The molecule has 0 aromatic heterocycles. The van der Waals surface area contributed by atoms with Crippen LogP contribution < -0.4 is 5.32 Å². The number of piperidine rings is 1. The van der Waals surface area contributed by atoms with Crippen molar-refractivity contribution in [3.8, 4) is 0 Å². The highest BCUT2D eigenvalue weighted by Gasteiger charge is 2.40. The molecule has 146 valence electrons. The Morgan fingerprint density at radius 2 is 1.74 bits per heavy atom. The van der Waals surface area contributed by atoms with Gasteiger partial charge < -0.3 is 24.4 Å². The summed E-state index contributed by atoms with van der Waals surface area (Å²) in [6.07, 6.45) is 1.01. The first-order valence-electron chi connectivity index (χ1n) is 9.14. The molecule has 2 aliphatic rings. The lowest BCUT2D eigenvalue weighted by Gasteiger charge is -2.37. The summed E-state index contributed by atoms with van der Waals surface area (Å²) in [5.74, 6) is -1.57. The molecular formula is C19H24N2O6. The van der Waals surface area contributed by atoms with Gasteiger partial charge in [0.1, 0.15) is 6.42 Å². The molecule has 1 aromatic carbocycles. The van der Waals surface area contributed by atoms with E-state index in [4.69, 9.17) is 14.2 Å². The number of rotatable bonds is 5. The summed E-state index contributed by atoms with van der Waals surface area (Å²) in [5, 5.41) is 2.67. The number of anilines is 1. The van der Waals surface area contributed by atoms with Crippen LogP contribution in [0.5, 0.6) is 0 Å². The van der Waals surface area contributed by atoms with Crippen molar-refractivity contribution in [1.82, 2.24) is 4.90 Å². The van der Waals surface area contributed by atoms with E-state index >= 15 is 0 Å². The van der Waals surface area contributed by atoms with Crippen LogP contribution in [0.3, 0.4) is 0 Å². The van der Waals surface area contributed by atoms with Crippen molar-refractivity contribution in [3.05, 3.63) is 29.8 Å². The Morgan fingerprint density at radius 1 is 1.11 bits per heavy atom. The monoisotopic (exact) mass is 376 g/mol. The third-order valence-electron chi connectivity index (χ3n) is 4.68. The molecule has 8 heteroatoms. The van der Waals surface area contributed by atoms with E-state index in [1.165, 1.54) is 0 Å². The van der Waals surface area contributed by atoms with Crippen LogP contribution in [-0.2, 0) is 23.8 Å². The number of carbonyl (C=O) groups is 3. The summed E-state index contributed by atoms with van der Waals surface area (Å²) < 4.78 is 16.2. The van der Waals surface area contributed by atoms with E-state index in [9.17, 15) is 14.4 Å². The minimum atomic E-state index is -0.542. The molecule has 0 unspecified atom stereocenters. The van der Waals surface area contributed by atoms with Crippen LogP contribution in [0.25, 0.3) is 0 Å². The molecule has 27 heavy (non-hydrogen) atoms. The highest BCUT2D eigenvalue weighted by atomic mass is 16.7. The number of carbonyl (C=O) groups excluding carboxylic acids is 3. The second-order valence-electron chi connectivity index (χ2n) is 6.51. The second kappa shape index (κ2) is 8.49. The van der Waals surface area contributed by atoms with Gasteiger partial charge in [-0.15, -0.1) is 0 Å². The van der Waals surface area contributed by atoms with E-state index in [-0.39, 0.29) is 12.3 Å². The molecule has 2 heterocycles. The van der Waals surface area contributed by atoms with Gasteiger partial charge in [-0.2, -0.15) is 0 Å². The summed E-state index contributed by atoms with van der Waals surface area (Å²) in [4.78, 5) is 37.8. The van der Waals surface area contributed by atoms with E-state index in [1.807, 2.05) is 0 Å². The van der Waals surface area contributed by atoms with Crippen LogP contribution in [-0.4, -0.2) is 61.4 Å². The predicted octanol–water partition coefficient (Wildman–Crippen LogP) is 1.56. The van der Waals surface area contributed by atoms with Crippen LogP contribution in [0.4, 0.5) is 5.69 Å². The van der Waals surface area contributed by atoms with Gasteiger partial charge in [-0.05, 0) is 31.2 Å². The fraction of sp³-hybridized carbons (Fsp3) is 0.526. The maximum atomic E-state index is 12.3. The molecule has 0 aliphatic carbocycles. The molecule has 1 spiro atoms. The first-order valence-corrected chi connectivity index (χ1v) is 9.14. The zero-order valence-corrected chi connectivity index (χ0v) is 15.4. The Labute approximate surface area is 157 Å². The second-order valence-corrected chi connectivity index (χ2v) is 6.51. The molecule has 0 saturated carbocycles. The normalized spacial score (nSPS) is 18.3. The molecule has 2 fully saturated rings. The van der Waals surface area contributed by atoms with Gasteiger partial charge in [-0.1, -0.05) is 0 Å². The lowest BCUT2D eigenvalue weighted by Crippen LogP contribution is -2.47. The Balaban J connectivity index is 1.46. The van der Waals surface area contributed by atoms with Gasteiger partial charge in [0.25, 0.3) is 0 Å². The van der Waals surface area contributed by atoms with Crippen LogP contribution in [0.2, 0.25) is 0 Å². The van der Waals surface area contributed by atoms with Crippen molar-refractivity contribution in [2.45, 2.75) is 32.0 Å². The third kappa shape index (κ3) is 4.84. The molecule has 2 saturated heterocycles. The average molecular weight is 376 g/mol. The first-order chi connectivity index (χ1) is 13.0. The van der Waals surface area contributed by atoms with E-state index in [0.29, 0.717) is 57.0 Å². The molecule has 1 N–H and O–H groups in total. The Bertz CT molecular complexity index is 687. The third-order valence-corrected chi connectivity index (χ3v) is 4.68. The molecule has 0 atom stereocenters. The number of nitrogens with one attached hydrogen (secondary N) is 1. The van der Waals surface area contributed by atoms with Crippen molar-refractivity contribution in [1.29, 1.82) is 0 Å². The zero-order valence-electron chi connectivity index (χ0n) is 15.4. The van der Waals surface area contributed by atoms with Gasteiger partial charge in [0.2, 0.25) is 11.8 Å².